The Bertz CT molecular complexity index is 625. The van der Waals surface area contributed by atoms with Crippen LogP contribution in [0.25, 0.3) is 0 Å². The second-order valence-electron chi connectivity index (χ2n) is 15.3. The zero-order valence-corrected chi connectivity index (χ0v) is 39.1. The van der Waals surface area contributed by atoms with E-state index in [1.165, 1.54) is 85.9 Å². The van der Waals surface area contributed by atoms with Crippen LogP contribution in [-0.4, -0.2) is 72.4 Å². The number of hydrogen-bond acceptors (Lipinski definition) is 4. The molecular weight excluding hydrogens is 806 g/mol. The van der Waals surface area contributed by atoms with Crippen LogP contribution in [0.2, 0.25) is 35.5 Å². The molecule has 0 amide bonds. The van der Waals surface area contributed by atoms with Crippen LogP contribution in [0.3, 0.4) is 0 Å². The number of rotatable bonds is 37. The van der Waals surface area contributed by atoms with Crippen molar-refractivity contribution in [1.29, 1.82) is 0 Å². The van der Waals surface area contributed by atoms with E-state index in [9.17, 15) is 10.2 Å². The third-order valence-electron chi connectivity index (χ3n) is 10.8. The van der Waals surface area contributed by atoms with E-state index >= 15 is 0 Å². The quantitative estimate of drug-likeness (QED) is 0.0371. The minimum atomic E-state index is -2.09. The molecule has 6 heteroatoms. The van der Waals surface area contributed by atoms with E-state index in [1.54, 1.807) is 26.6 Å². The van der Waals surface area contributed by atoms with Crippen molar-refractivity contribution >= 4 is 36.8 Å². The summed E-state index contributed by atoms with van der Waals surface area (Å²) >= 11 is -4.17. The Morgan fingerprint density at radius 2 is 0.708 bits per heavy atom. The number of aliphatic hydroxyl groups is 2. The normalized spacial score (nSPS) is 13.9. The predicted molar refractivity (Wildman–Crippen MR) is 219 cm³/mol. The van der Waals surface area contributed by atoms with E-state index in [-0.39, 0.29) is 0 Å². The summed E-state index contributed by atoms with van der Waals surface area (Å²) in [7, 11) is 0. The first kappa shape index (κ1) is 48.6. The number of allylic oxidation sites excluding steroid dienone is 2. The van der Waals surface area contributed by atoms with Gasteiger partial charge in [-0.05, 0) is 0 Å². The number of aliphatic hydroxyl groups excluding tert-OH is 2. The third kappa shape index (κ3) is 26.4. The molecule has 0 saturated heterocycles. The van der Waals surface area contributed by atoms with Crippen LogP contribution < -0.4 is 0 Å². The molecule has 0 aliphatic rings. The van der Waals surface area contributed by atoms with Gasteiger partial charge in [0.1, 0.15) is 0 Å². The van der Waals surface area contributed by atoms with E-state index in [2.05, 4.69) is 53.7 Å². The monoisotopic (exact) mass is 894 g/mol. The molecule has 0 heterocycles. The minimum absolute atomic E-state index is 0.611. The first-order valence-electron chi connectivity index (χ1n) is 21.3. The second-order valence-corrected chi connectivity index (χ2v) is 43.4. The van der Waals surface area contributed by atoms with Crippen molar-refractivity contribution < 1.29 is 19.7 Å². The molecule has 0 bridgehead atoms. The second kappa shape index (κ2) is 34.7. The summed E-state index contributed by atoms with van der Waals surface area (Å²) in [5.74, 6) is 0. The van der Waals surface area contributed by atoms with Gasteiger partial charge in [0.25, 0.3) is 0 Å². The van der Waals surface area contributed by atoms with Gasteiger partial charge in [-0.1, -0.05) is 0 Å². The van der Waals surface area contributed by atoms with Crippen molar-refractivity contribution in [1.82, 2.24) is 0 Å². The summed E-state index contributed by atoms with van der Waals surface area (Å²) < 4.78 is 23.8. The average molecular weight is 893 g/mol. The molecule has 0 radical (unpaired) electrons. The predicted octanol–water partition coefficient (Wildman–Crippen LogP) is 13.6. The van der Waals surface area contributed by atoms with Gasteiger partial charge >= 0.3 is 312 Å². The molecule has 0 aliphatic carbocycles. The zero-order chi connectivity index (χ0) is 35.6. The fourth-order valence-corrected chi connectivity index (χ4v) is 37.4. The van der Waals surface area contributed by atoms with Gasteiger partial charge < -0.3 is 0 Å². The van der Waals surface area contributed by atoms with Crippen LogP contribution in [0.4, 0.5) is 0 Å². The number of unbranched alkanes of at least 4 members (excludes halogenated alkanes) is 10. The van der Waals surface area contributed by atoms with E-state index in [4.69, 9.17) is 9.47 Å². The molecule has 2 atom stereocenters. The van der Waals surface area contributed by atoms with E-state index in [0.29, 0.717) is 12.8 Å². The fourth-order valence-electron chi connectivity index (χ4n) is 7.36. The SMILES string of the molecule is CCC[CH2][Sn]([CH2]/C=C/OCCCCCC(O)C(O)CCCCCO/C=C/[CH2][Sn]([CH2]CCC)([CH2]CCC)[CH2]CCC)([CH2]CCC)[CH2]CCC. The van der Waals surface area contributed by atoms with Gasteiger partial charge in [0, 0.05) is 0 Å². The molecule has 286 valence electrons. The Labute approximate surface area is 309 Å². The number of hydrogen-bond donors (Lipinski definition) is 2. The standard InChI is InChI=1S/C18H32O4.6C4H9.2Sn/c1-3-13-21-15-9-5-7-11-17(19)18(20)12-8-6-10-16-22-14-4-2;6*1-3-4-2;;/h3-4,13-14,17-20H,1-2,5-12,15-16H2;6*1,3-4H2,2H3;;/b13-3+,14-4+;;;;;;;;. The van der Waals surface area contributed by atoms with Gasteiger partial charge in [0.2, 0.25) is 0 Å². The van der Waals surface area contributed by atoms with Crippen molar-refractivity contribution in [2.45, 2.75) is 218 Å². The maximum absolute atomic E-state index is 10.5. The first-order chi connectivity index (χ1) is 23.4. The van der Waals surface area contributed by atoms with Gasteiger partial charge in [-0.15, -0.1) is 0 Å². The Balaban J connectivity index is 4.16. The Morgan fingerprint density at radius 3 is 0.979 bits per heavy atom. The molecule has 2 unspecified atom stereocenters. The fraction of sp³-hybridized carbons (Fsp3) is 0.905. The summed E-state index contributed by atoms with van der Waals surface area (Å²) in [6, 6.07) is 0. The van der Waals surface area contributed by atoms with Crippen molar-refractivity contribution in [3.63, 3.8) is 0 Å². The van der Waals surface area contributed by atoms with Gasteiger partial charge in [-0.3, -0.25) is 0 Å². The molecule has 0 saturated carbocycles. The van der Waals surface area contributed by atoms with E-state index < -0.39 is 49.0 Å². The molecule has 48 heavy (non-hydrogen) atoms. The summed E-state index contributed by atoms with van der Waals surface area (Å²) in [6.45, 7) is 15.6. The number of ether oxygens (including phenoxy) is 2. The van der Waals surface area contributed by atoms with Crippen LogP contribution in [0.5, 0.6) is 0 Å². The van der Waals surface area contributed by atoms with Crippen LogP contribution in [-0.2, 0) is 9.47 Å². The molecule has 4 nitrogen and oxygen atoms in total. The third-order valence-corrected chi connectivity index (χ3v) is 41.3. The topological polar surface area (TPSA) is 58.9 Å². The molecule has 0 fully saturated rings. The van der Waals surface area contributed by atoms with Gasteiger partial charge in [-0.25, -0.2) is 0 Å². The van der Waals surface area contributed by atoms with E-state index in [1.807, 2.05) is 12.5 Å². The zero-order valence-electron chi connectivity index (χ0n) is 33.4. The first-order valence-corrected chi connectivity index (χ1v) is 37.4. The molecule has 0 aromatic carbocycles. The van der Waals surface area contributed by atoms with Crippen molar-refractivity contribution in [2.24, 2.45) is 0 Å². The van der Waals surface area contributed by atoms with Crippen molar-refractivity contribution in [2.75, 3.05) is 13.2 Å². The molecule has 0 rings (SSSR count). The van der Waals surface area contributed by atoms with Crippen LogP contribution in [0, 0.1) is 0 Å². The summed E-state index contributed by atoms with van der Waals surface area (Å²) in [4.78, 5) is 0. The average Bonchev–Trinajstić information content (AvgIpc) is 3.10. The molecule has 0 aromatic rings. The van der Waals surface area contributed by atoms with Gasteiger partial charge in [-0.2, -0.15) is 0 Å². The Hall–Kier alpha value is 0.597. The van der Waals surface area contributed by atoms with Gasteiger partial charge in [0.15, 0.2) is 0 Å². The molecule has 2 N–H and O–H groups in total. The van der Waals surface area contributed by atoms with E-state index in [0.717, 1.165) is 51.7 Å². The van der Waals surface area contributed by atoms with Crippen LogP contribution in [0.1, 0.15) is 170 Å². The van der Waals surface area contributed by atoms with Crippen LogP contribution in [0.15, 0.2) is 24.7 Å². The summed E-state index contributed by atoms with van der Waals surface area (Å²) in [5.41, 5.74) is 0. The Morgan fingerprint density at radius 1 is 0.417 bits per heavy atom. The molecule has 0 aromatic heterocycles. The summed E-state index contributed by atoms with van der Waals surface area (Å²) in [5, 5.41) is 20.9. The molecular formula is C42H86O4Sn2. The summed E-state index contributed by atoms with van der Waals surface area (Å²) in [6.07, 6.45) is 31.4. The van der Waals surface area contributed by atoms with Crippen molar-refractivity contribution in [3.05, 3.63) is 24.7 Å². The molecule has 0 aliphatic heterocycles. The maximum atomic E-state index is 10.5. The van der Waals surface area contributed by atoms with Crippen molar-refractivity contribution in [3.8, 4) is 0 Å². The Kier molecular flexibility index (Phi) is 35.1. The van der Waals surface area contributed by atoms with Gasteiger partial charge in [0.05, 0.1) is 0 Å². The van der Waals surface area contributed by atoms with Crippen LogP contribution >= 0.6 is 0 Å². The molecule has 0 spiro atoms.